The van der Waals surface area contributed by atoms with Gasteiger partial charge in [-0.05, 0) is 50.6 Å². The van der Waals surface area contributed by atoms with Gasteiger partial charge in [-0.3, -0.25) is 0 Å². The first-order valence-corrected chi connectivity index (χ1v) is 6.22. The van der Waals surface area contributed by atoms with Gasteiger partial charge in [0.05, 0.1) is 5.56 Å². The zero-order chi connectivity index (χ0) is 13.1. The summed E-state index contributed by atoms with van der Waals surface area (Å²) < 4.78 is 18.4. The molecule has 1 aromatic carbocycles. The van der Waals surface area contributed by atoms with Crippen molar-refractivity contribution in [1.29, 1.82) is 0 Å². The number of ether oxygens (including phenoxy) is 1. The number of rotatable bonds is 2. The highest BCUT2D eigenvalue weighted by Gasteiger charge is 2.21. The number of halogens is 1. The van der Waals surface area contributed by atoms with Crippen LogP contribution in [-0.4, -0.2) is 37.1 Å². The van der Waals surface area contributed by atoms with Gasteiger partial charge >= 0.3 is 5.97 Å². The van der Waals surface area contributed by atoms with E-state index in [1.807, 2.05) is 0 Å². The highest BCUT2D eigenvalue weighted by atomic mass is 19.1. The van der Waals surface area contributed by atoms with E-state index in [1.165, 1.54) is 18.2 Å². The second-order valence-corrected chi connectivity index (χ2v) is 4.87. The van der Waals surface area contributed by atoms with Crippen LogP contribution in [-0.2, 0) is 4.74 Å². The van der Waals surface area contributed by atoms with E-state index in [4.69, 9.17) is 4.74 Å². The lowest BCUT2D eigenvalue weighted by Gasteiger charge is -2.28. The lowest BCUT2D eigenvalue weighted by molar-refractivity contribution is 0.0138. The third kappa shape index (κ3) is 3.07. The molecule has 1 heterocycles. The highest BCUT2D eigenvalue weighted by Crippen LogP contribution is 2.17. The fraction of sp³-hybridized carbons (Fsp3) is 0.500. The van der Waals surface area contributed by atoms with Crippen LogP contribution < -0.4 is 0 Å². The maximum atomic E-state index is 13.0. The SMILES string of the molecule is Cc1cc(F)ccc1C(=O)OC1CCN(C)CC1. The van der Waals surface area contributed by atoms with Crippen molar-refractivity contribution < 1.29 is 13.9 Å². The Hall–Kier alpha value is -1.42. The van der Waals surface area contributed by atoms with E-state index in [0.29, 0.717) is 11.1 Å². The van der Waals surface area contributed by atoms with Crippen LogP contribution in [0.1, 0.15) is 28.8 Å². The first-order chi connectivity index (χ1) is 8.56. The minimum Gasteiger partial charge on any atom is -0.459 e. The topological polar surface area (TPSA) is 29.5 Å². The number of hydrogen-bond donors (Lipinski definition) is 0. The Bertz CT molecular complexity index is 439. The second-order valence-electron chi connectivity index (χ2n) is 4.87. The quantitative estimate of drug-likeness (QED) is 0.756. The third-order valence-electron chi connectivity index (χ3n) is 3.35. The molecule has 1 saturated heterocycles. The second kappa shape index (κ2) is 5.48. The molecule has 0 unspecified atom stereocenters. The van der Waals surface area contributed by atoms with Crippen molar-refractivity contribution in [3.05, 3.63) is 35.1 Å². The average Bonchev–Trinajstić information content (AvgIpc) is 2.32. The molecular formula is C14H18FNO2. The van der Waals surface area contributed by atoms with E-state index in [-0.39, 0.29) is 17.9 Å². The minimum atomic E-state index is -0.345. The van der Waals surface area contributed by atoms with Crippen LogP contribution in [0.5, 0.6) is 0 Å². The lowest BCUT2D eigenvalue weighted by atomic mass is 10.1. The molecule has 98 valence electrons. The number of esters is 1. The molecule has 1 aliphatic heterocycles. The highest BCUT2D eigenvalue weighted by molar-refractivity contribution is 5.91. The summed E-state index contributed by atoms with van der Waals surface area (Å²) >= 11 is 0. The van der Waals surface area contributed by atoms with Crippen LogP contribution in [0.4, 0.5) is 4.39 Å². The molecule has 0 amide bonds. The summed E-state index contributed by atoms with van der Waals surface area (Å²) in [5, 5.41) is 0. The maximum absolute atomic E-state index is 13.0. The van der Waals surface area contributed by atoms with E-state index >= 15 is 0 Å². The van der Waals surface area contributed by atoms with Crippen molar-refractivity contribution in [3.63, 3.8) is 0 Å². The molecular weight excluding hydrogens is 233 g/mol. The van der Waals surface area contributed by atoms with E-state index in [0.717, 1.165) is 25.9 Å². The number of benzene rings is 1. The van der Waals surface area contributed by atoms with Crippen molar-refractivity contribution in [2.24, 2.45) is 0 Å². The molecule has 18 heavy (non-hydrogen) atoms. The van der Waals surface area contributed by atoms with Crippen LogP contribution in [0.2, 0.25) is 0 Å². The number of piperidine rings is 1. The first-order valence-electron chi connectivity index (χ1n) is 6.22. The lowest BCUT2D eigenvalue weighted by Crippen LogP contribution is -2.35. The number of likely N-dealkylation sites (tertiary alicyclic amines) is 1. The predicted octanol–water partition coefficient (Wildman–Crippen LogP) is 2.39. The maximum Gasteiger partial charge on any atom is 0.338 e. The number of nitrogens with zero attached hydrogens (tertiary/aromatic N) is 1. The fourth-order valence-electron chi connectivity index (χ4n) is 2.17. The van der Waals surface area contributed by atoms with Gasteiger partial charge < -0.3 is 9.64 Å². The monoisotopic (exact) mass is 251 g/mol. The molecule has 0 aliphatic carbocycles. The van der Waals surface area contributed by atoms with Crippen molar-refractivity contribution >= 4 is 5.97 Å². The van der Waals surface area contributed by atoms with Gasteiger partial charge in [0.15, 0.2) is 0 Å². The molecule has 4 heteroatoms. The average molecular weight is 251 g/mol. The van der Waals surface area contributed by atoms with Gasteiger partial charge in [0, 0.05) is 13.1 Å². The Kier molecular flexibility index (Phi) is 3.97. The predicted molar refractivity (Wildman–Crippen MR) is 67.1 cm³/mol. The van der Waals surface area contributed by atoms with E-state index < -0.39 is 0 Å². The van der Waals surface area contributed by atoms with Crippen LogP contribution in [0.3, 0.4) is 0 Å². The molecule has 1 aliphatic rings. The Balaban J connectivity index is 1.99. The summed E-state index contributed by atoms with van der Waals surface area (Å²) in [5.41, 5.74) is 1.07. The van der Waals surface area contributed by atoms with E-state index in [1.54, 1.807) is 6.92 Å². The number of hydrogen-bond acceptors (Lipinski definition) is 3. The molecule has 0 atom stereocenters. The van der Waals surface area contributed by atoms with Crippen LogP contribution in [0, 0.1) is 12.7 Å². The molecule has 1 aromatic rings. The van der Waals surface area contributed by atoms with E-state index in [2.05, 4.69) is 11.9 Å². The zero-order valence-corrected chi connectivity index (χ0v) is 10.8. The molecule has 3 nitrogen and oxygen atoms in total. The van der Waals surface area contributed by atoms with Crippen LogP contribution in [0.25, 0.3) is 0 Å². The standard InChI is InChI=1S/C14H18FNO2/c1-10-9-11(15)3-4-13(10)14(17)18-12-5-7-16(2)8-6-12/h3-4,9,12H,5-8H2,1-2H3. The zero-order valence-electron chi connectivity index (χ0n) is 10.8. The molecule has 0 saturated carbocycles. The van der Waals surface area contributed by atoms with Gasteiger partial charge in [0.1, 0.15) is 11.9 Å². The molecule has 2 rings (SSSR count). The van der Waals surface area contributed by atoms with Gasteiger partial charge in [-0.1, -0.05) is 0 Å². The van der Waals surface area contributed by atoms with E-state index in [9.17, 15) is 9.18 Å². The normalized spacial score (nSPS) is 17.7. The Morgan fingerprint density at radius 1 is 1.39 bits per heavy atom. The third-order valence-corrected chi connectivity index (χ3v) is 3.35. The summed E-state index contributed by atoms with van der Waals surface area (Å²) in [4.78, 5) is 14.2. The first kappa shape index (κ1) is 13.0. The molecule has 0 spiro atoms. The Labute approximate surface area is 107 Å². The number of aryl methyl sites for hydroxylation is 1. The molecule has 1 fully saturated rings. The summed E-state index contributed by atoms with van der Waals surface area (Å²) in [6.45, 7) is 3.61. The van der Waals surface area contributed by atoms with Crippen molar-refractivity contribution in [3.8, 4) is 0 Å². The van der Waals surface area contributed by atoms with Crippen molar-refractivity contribution in [2.45, 2.75) is 25.9 Å². The summed E-state index contributed by atoms with van der Waals surface area (Å²) in [6.07, 6.45) is 1.71. The van der Waals surface area contributed by atoms with Gasteiger partial charge in [-0.15, -0.1) is 0 Å². The molecule has 0 aromatic heterocycles. The number of carbonyl (C=O) groups excluding carboxylic acids is 1. The summed E-state index contributed by atoms with van der Waals surface area (Å²) in [7, 11) is 2.06. The fourth-order valence-corrected chi connectivity index (χ4v) is 2.17. The molecule has 0 N–H and O–H groups in total. The molecule has 0 bridgehead atoms. The van der Waals surface area contributed by atoms with Crippen LogP contribution in [0.15, 0.2) is 18.2 Å². The summed E-state index contributed by atoms with van der Waals surface area (Å²) in [6, 6.07) is 4.13. The summed E-state index contributed by atoms with van der Waals surface area (Å²) in [5.74, 6) is -0.676. The van der Waals surface area contributed by atoms with Gasteiger partial charge in [-0.25, -0.2) is 9.18 Å². The molecule has 0 radical (unpaired) electrons. The van der Waals surface area contributed by atoms with Gasteiger partial charge in [0.2, 0.25) is 0 Å². The smallest absolute Gasteiger partial charge is 0.338 e. The van der Waals surface area contributed by atoms with Gasteiger partial charge in [0.25, 0.3) is 0 Å². The van der Waals surface area contributed by atoms with Gasteiger partial charge in [-0.2, -0.15) is 0 Å². The Morgan fingerprint density at radius 3 is 2.67 bits per heavy atom. The minimum absolute atomic E-state index is 0.0156. The van der Waals surface area contributed by atoms with Crippen molar-refractivity contribution in [1.82, 2.24) is 4.90 Å². The number of carbonyl (C=O) groups is 1. The van der Waals surface area contributed by atoms with Crippen molar-refractivity contribution in [2.75, 3.05) is 20.1 Å². The van der Waals surface area contributed by atoms with Crippen LogP contribution >= 0.6 is 0 Å². The Morgan fingerprint density at radius 2 is 2.06 bits per heavy atom. The largest absolute Gasteiger partial charge is 0.459 e.